The number of nitrogens with zero attached hydrogens (tertiary/aromatic N) is 8. The SMILES string of the molecule is Cc1ncnc(C(=O)N2CCN(c3c4n(c5nc(-c6ccc7c(c6)COC7(C)C)nn5c3=O)CCC4)CC2)c1O. The molecule has 12 heteroatoms. The lowest BCUT2D eigenvalue weighted by Crippen LogP contribution is -2.50. The predicted octanol–water partition coefficient (Wildman–Crippen LogP) is 2.04. The van der Waals surface area contributed by atoms with Crippen LogP contribution in [0, 0.1) is 6.92 Å². The zero-order chi connectivity index (χ0) is 27.8. The largest absolute Gasteiger partial charge is 0.504 e. The van der Waals surface area contributed by atoms with Gasteiger partial charge < -0.3 is 24.2 Å². The lowest BCUT2D eigenvalue weighted by atomic mass is 9.94. The molecule has 4 aromatic rings. The van der Waals surface area contributed by atoms with E-state index in [1.165, 1.54) is 10.8 Å². The highest BCUT2D eigenvalue weighted by Gasteiger charge is 2.33. The number of aromatic nitrogens is 6. The van der Waals surface area contributed by atoms with Gasteiger partial charge in [-0.05, 0) is 50.8 Å². The van der Waals surface area contributed by atoms with Gasteiger partial charge >= 0.3 is 0 Å². The monoisotopic (exact) mass is 542 g/mol. The number of hydrogen-bond donors (Lipinski definition) is 1. The van der Waals surface area contributed by atoms with E-state index in [1.807, 2.05) is 11.0 Å². The van der Waals surface area contributed by atoms with Crippen LogP contribution in [0.3, 0.4) is 0 Å². The van der Waals surface area contributed by atoms with E-state index < -0.39 is 0 Å². The Kier molecular flexibility index (Phi) is 5.46. The first-order chi connectivity index (χ1) is 19.2. The standard InChI is InChI=1S/C28H30N8O4/c1-16-23(37)21(30-15-29-16)25(38)34-11-9-33(10-12-34)22-20-5-4-8-35(20)27-31-24(32-36(27)26(22)39)17-6-7-19-18(13-17)14-40-28(19,2)3/h6-7,13,15,37H,4-5,8-12,14H2,1-3H3. The summed E-state index contributed by atoms with van der Waals surface area (Å²) in [5.41, 5.74) is 4.55. The first kappa shape index (κ1) is 24.7. The third kappa shape index (κ3) is 3.69. The minimum absolute atomic E-state index is 0.000145. The van der Waals surface area contributed by atoms with Crippen molar-refractivity contribution in [2.75, 3.05) is 31.1 Å². The topological polar surface area (TPSA) is 131 Å². The normalized spacial score (nSPS) is 17.9. The molecule has 206 valence electrons. The van der Waals surface area contributed by atoms with Crippen LogP contribution in [0.25, 0.3) is 17.2 Å². The number of piperazine rings is 1. The summed E-state index contributed by atoms with van der Waals surface area (Å²) in [6.07, 6.45) is 2.98. The molecule has 40 heavy (non-hydrogen) atoms. The quantitative estimate of drug-likeness (QED) is 0.413. The Hall–Kier alpha value is -4.32. The molecule has 0 aliphatic carbocycles. The van der Waals surface area contributed by atoms with Crippen molar-refractivity contribution < 1.29 is 14.6 Å². The number of rotatable bonds is 3. The van der Waals surface area contributed by atoms with E-state index in [4.69, 9.17) is 9.72 Å². The summed E-state index contributed by atoms with van der Waals surface area (Å²) in [4.78, 5) is 43.4. The zero-order valence-electron chi connectivity index (χ0n) is 22.7. The second-order valence-electron chi connectivity index (χ2n) is 11.1. The maximum Gasteiger partial charge on any atom is 0.299 e. The number of ether oxygens (including phenoxy) is 1. The van der Waals surface area contributed by atoms with Crippen molar-refractivity contribution in [3.8, 4) is 17.1 Å². The van der Waals surface area contributed by atoms with Crippen molar-refractivity contribution >= 4 is 17.4 Å². The van der Waals surface area contributed by atoms with E-state index in [-0.39, 0.29) is 28.5 Å². The molecular formula is C28H30N8O4. The Morgan fingerprint density at radius 1 is 1.10 bits per heavy atom. The van der Waals surface area contributed by atoms with Crippen LogP contribution in [0.4, 0.5) is 5.69 Å². The van der Waals surface area contributed by atoms with Crippen LogP contribution in [0.15, 0.2) is 29.3 Å². The fourth-order valence-electron chi connectivity index (χ4n) is 6.10. The zero-order valence-corrected chi connectivity index (χ0v) is 22.7. The molecular weight excluding hydrogens is 512 g/mol. The highest BCUT2D eigenvalue weighted by atomic mass is 16.5. The molecule has 0 spiro atoms. The smallest absolute Gasteiger partial charge is 0.299 e. The number of amides is 1. The summed E-state index contributed by atoms with van der Waals surface area (Å²) in [5.74, 6) is 0.526. The van der Waals surface area contributed by atoms with Gasteiger partial charge in [0.05, 0.1) is 23.6 Å². The van der Waals surface area contributed by atoms with Crippen LogP contribution in [0.1, 0.15) is 53.3 Å². The van der Waals surface area contributed by atoms with E-state index in [0.717, 1.165) is 41.8 Å². The fraction of sp³-hybridized carbons (Fsp3) is 0.429. The Bertz CT molecular complexity index is 1750. The Morgan fingerprint density at radius 2 is 1.90 bits per heavy atom. The van der Waals surface area contributed by atoms with Gasteiger partial charge in [0, 0.05) is 38.3 Å². The van der Waals surface area contributed by atoms with Crippen LogP contribution in [-0.4, -0.2) is 71.2 Å². The molecule has 3 aromatic heterocycles. The Morgan fingerprint density at radius 3 is 2.70 bits per heavy atom. The second kappa shape index (κ2) is 8.85. The third-order valence-electron chi connectivity index (χ3n) is 8.31. The van der Waals surface area contributed by atoms with Crippen LogP contribution in [0.5, 0.6) is 5.75 Å². The van der Waals surface area contributed by atoms with Gasteiger partial charge in [0.25, 0.3) is 11.5 Å². The molecule has 0 atom stereocenters. The Balaban J connectivity index is 1.20. The maximum absolute atomic E-state index is 13.9. The van der Waals surface area contributed by atoms with Crippen molar-refractivity contribution in [3.63, 3.8) is 0 Å². The number of anilines is 1. The van der Waals surface area contributed by atoms with Crippen molar-refractivity contribution in [3.05, 3.63) is 63.1 Å². The van der Waals surface area contributed by atoms with E-state index in [9.17, 15) is 14.7 Å². The van der Waals surface area contributed by atoms with Gasteiger partial charge in [0.15, 0.2) is 17.3 Å². The molecule has 6 heterocycles. The molecule has 12 nitrogen and oxygen atoms in total. The fourth-order valence-corrected chi connectivity index (χ4v) is 6.10. The lowest BCUT2D eigenvalue weighted by Gasteiger charge is -2.36. The molecule has 0 bridgehead atoms. The average Bonchev–Trinajstić information content (AvgIpc) is 3.68. The third-order valence-corrected chi connectivity index (χ3v) is 8.31. The molecule has 3 aliphatic heterocycles. The van der Waals surface area contributed by atoms with Gasteiger partial charge in [0.1, 0.15) is 12.0 Å². The molecule has 0 radical (unpaired) electrons. The molecule has 3 aliphatic rings. The minimum atomic E-state index is -0.343. The number of benzene rings is 1. The summed E-state index contributed by atoms with van der Waals surface area (Å²) in [5, 5.41) is 15.0. The molecule has 7 rings (SSSR count). The molecule has 1 saturated heterocycles. The van der Waals surface area contributed by atoms with Crippen molar-refractivity contribution in [1.29, 1.82) is 0 Å². The van der Waals surface area contributed by atoms with E-state index in [0.29, 0.717) is 55.8 Å². The lowest BCUT2D eigenvalue weighted by molar-refractivity contribution is -0.00789. The molecule has 1 fully saturated rings. The molecule has 1 N–H and O–H groups in total. The summed E-state index contributed by atoms with van der Waals surface area (Å²) in [6.45, 7) is 8.80. The average molecular weight is 543 g/mol. The number of carbonyl (C=O) groups excluding carboxylic acids is 1. The number of aryl methyl sites for hydroxylation is 2. The van der Waals surface area contributed by atoms with Gasteiger partial charge in [0.2, 0.25) is 5.78 Å². The van der Waals surface area contributed by atoms with E-state index in [2.05, 4.69) is 45.6 Å². The number of carbonyl (C=O) groups is 1. The maximum atomic E-state index is 13.9. The molecule has 1 aromatic carbocycles. The number of hydrogen-bond acceptors (Lipinski definition) is 9. The van der Waals surface area contributed by atoms with Gasteiger partial charge in [-0.25, -0.2) is 9.97 Å². The van der Waals surface area contributed by atoms with Gasteiger partial charge in [-0.15, -0.1) is 5.10 Å². The highest BCUT2D eigenvalue weighted by Crippen LogP contribution is 2.37. The molecule has 0 saturated carbocycles. The van der Waals surface area contributed by atoms with Crippen LogP contribution >= 0.6 is 0 Å². The number of fused-ring (bicyclic) bond motifs is 4. The van der Waals surface area contributed by atoms with Gasteiger partial charge in [-0.2, -0.15) is 9.50 Å². The Labute approximate surface area is 229 Å². The van der Waals surface area contributed by atoms with E-state index >= 15 is 0 Å². The number of aromatic hydroxyl groups is 1. The summed E-state index contributed by atoms with van der Waals surface area (Å²) in [7, 11) is 0. The van der Waals surface area contributed by atoms with E-state index in [1.54, 1.807) is 11.8 Å². The summed E-state index contributed by atoms with van der Waals surface area (Å²) < 4.78 is 9.46. The summed E-state index contributed by atoms with van der Waals surface area (Å²) >= 11 is 0. The van der Waals surface area contributed by atoms with Crippen molar-refractivity contribution in [1.82, 2.24) is 34.0 Å². The molecule has 0 unspecified atom stereocenters. The minimum Gasteiger partial charge on any atom is -0.504 e. The van der Waals surface area contributed by atoms with Crippen LogP contribution in [-0.2, 0) is 29.9 Å². The predicted molar refractivity (Wildman–Crippen MR) is 145 cm³/mol. The van der Waals surface area contributed by atoms with Crippen molar-refractivity contribution in [2.24, 2.45) is 0 Å². The summed E-state index contributed by atoms with van der Waals surface area (Å²) in [6, 6.07) is 6.11. The first-order valence-corrected chi connectivity index (χ1v) is 13.6. The van der Waals surface area contributed by atoms with Crippen LogP contribution < -0.4 is 10.5 Å². The highest BCUT2D eigenvalue weighted by molar-refractivity contribution is 5.95. The van der Waals surface area contributed by atoms with Crippen molar-refractivity contribution in [2.45, 2.75) is 52.4 Å². The molecule has 1 amide bonds. The van der Waals surface area contributed by atoms with Gasteiger partial charge in [-0.3, -0.25) is 9.59 Å². The van der Waals surface area contributed by atoms with Gasteiger partial charge in [-0.1, -0.05) is 12.1 Å². The first-order valence-electron chi connectivity index (χ1n) is 13.6. The van der Waals surface area contributed by atoms with Crippen LogP contribution in [0.2, 0.25) is 0 Å². The second-order valence-corrected chi connectivity index (χ2v) is 11.1.